The normalized spacial score (nSPS) is 10.9. The molecule has 0 aliphatic heterocycles. The number of aromatic nitrogens is 1. The van der Waals surface area contributed by atoms with Gasteiger partial charge in [0.25, 0.3) is 0 Å². The van der Waals surface area contributed by atoms with Gasteiger partial charge in [-0.3, -0.25) is 4.79 Å². The molecule has 3 aromatic rings. The second-order valence-electron chi connectivity index (χ2n) is 5.10. The third-order valence-electron chi connectivity index (χ3n) is 3.85. The highest BCUT2D eigenvalue weighted by Gasteiger charge is 2.13. The summed E-state index contributed by atoms with van der Waals surface area (Å²) in [6, 6.07) is 11.7. The number of carbonyl (C=O) groups excluding carboxylic acids is 1. The van der Waals surface area contributed by atoms with Gasteiger partial charge in [-0.05, 0) is 41.8 Å². The topological polar surface area (TPSA) is 30.7 Å². The molecule has 3 rings (SSSR count). The van der Waals surface area contributed by atoms with E-state index in [0.29, 0.717) is 16.5 Å². The Morgan fingerprint density at radius 2 is 2.05 bits per heavy atom. The Morgan fingerprint density at radius 1 is 1.23 bits per heavy atom. The number of nitrogens with zero attached hydrogens (tertiary/aromatic N) is 1. The van der Waals surface area contributed by atoms with Crippen molar-refractivity contribution in [3.63, 3.8) is 0 Å². The van der Waals surface area contributed by atoms with Gasteiger partial charge in [-0.1, -0.05) is 30.7 Å². The molecular formula is C18H16ClNO2. The molecule has 0 aliphatic carbocycles. The van der Waals surface area contributed by atoms with Crippen LogP contribution in [0.2, 0.25) is 5.02 Å². The van der Waals surface area contributed by atoms with Crippen molar-refractivity contribution in [3.05, 3.63) is 58.9 Å². The number of methoxy groups -OCH3 is 1. The monoisotopic (exact) mass is 313 g/mol. The van der Waals surface area contributed by atoms with Crippen molar-refractivity contribution in [2.75, 3.05) is 7.11 Å². The number of aryl methyl sites for hydroxylation is 1. The van der Waals surface area contributed by atoms with E-state index < -0.39 is 0 Å². The molecule has 1 aromatic carbocycles. The minimum Gasteiger partial charge on any atom is -0.495 e. The van der Waals surface area contributed by atoms with Gasteiger partial charge in [0.1, 0.15) is 5.75 Å². The van der Waals surface area contributed by atoms with Crippen molar-refractivity contribution in [3.8, 4) is 16.9 Å². The minimum atomic E-state index is 0.529. The molecule has 0 atom stereocenters. The van der Waals surface area contributed by atoms with Crippen molar-refractivity contribution in [2.24, 2.45) is 0 Å². The average Bonchev–Trinajstić information content (AvgIpc) is 2.92. The van der Waals surface area contributed by atoms with Crippen molar-refractivity contribution >= 4 is 23.4 Å². The molecule has 22 heavy (non-hydrogen) atoms. The maximum atomic E-state index is 11.6. The third-order valence-corrected chi connectivity index (χ3v) is 4.15. The van der Waals surface area contributed by atoms with Gasteiger partial charge >= 0.3 is 0 Å². The summed E-state index contributed by atoms with van der Waals surface area (Å²) in [7, 11) is 1.58. The lowest BCUT2D eigenvalue weighted by molar-refractivity contribution is 0.111. The molecule has 0 fully saturated rings. The van der Waals surface area contributed by atoms with E-state index in [-0.39, 0.29) is 0 Å². The van der Waals surface area contributed by atoms with Crippen LogP contribution in [0.3, 0.4) is 0 Å². The first kappa shape index (κ1) is 14.7. The smallest absolute Gasteiger partial charge is 0.167 e. The lowest BCUT2D eigenvalue weighted by Crippen LogP contribution is -1.94. The van der Waals surface area contributed by atoms with E-state index in [9.17, 15) is 4.79 Å². The number of ether oxygens (including phenoxy) is 1. The fourth-order valence-corrected chi connectivity index (χ4v) is 2.89. The van der Waals surface area contributed by atoms with Gasteiger partial charge in [-0.2, -0.15) is 0 Å². The summed E-state index contributed by atoms with van der Waals surface area (Å²) in [5.41, 5.74) is 4.57. The van der Waals surface area contributed by atoms with E-state index in [1.165, 1.54) is 5.56 Å². The molecule has 2 aromatic heterocycles. The average molecular weight is 314 g/mol. The Hall–Kier alpha value is -2.26. The van der Waals surface area contributed by atoms with Crippen molar-refractivity contribution in [1.82, 2.24) is 4.40 Å². The van der Waals surface area contributed by atoms with Gasteiger partial charge in [0.05, 0.1) is 17.8 Å². The van der Waals surface area contributed by atoms with Crippen LogP contribution in [0.1, 0.15) is 23.0 Å². The highest BCUT2D eigenvalue weighted by Crippen LogP contribution is 2.33. The molecule has 0 saturated carbocycles. The van der Waals surface area contributed by atoms with E-state index in [1.807, 2.05) is 40.9 Å². The Kier molecular flexibility index (Phi) is 3.90. The number of hydrogen-bond acceptors (Lipinski definition) is 2. The van der Waals surface area contributed by atoms with Crippen molar-refractivity contribution in [2.45, 2.75) is 13.3 Å². The maximum Gasteiger partial charge on any atom is 0.167 e. The summed E-state index contributed by atoms with van der Waals surface area (Å²) >= 11 is 6.20. The predicted molar refractivity (Wildman–Crippen MR) is 89.2 cm³/mol. The van der Waals surface area contributed by atoms with Crippen LogP contribution in [0.4, 0.5) is 0 Å². The van der Waals surface area contributed by atoms with Crippen LogP contribution in [0.25, 0.3) is 16.6 Å². The van der Waals surface area contributed by atoms with Crippen LogP contribution in [-0.4, -0.2) is 17.8 Å². The molecule has 0 N–H and O–H groups in total. The Morgan fingerprint density at radius 3 is 2.68 bits per heavy atom. The van der Waals surface area contributed by atoms with Crippen LogP contribution >= 0.6 is 11.6 Å². The number of carbonyl (C=O) groups is 1. The SMILES string of the molecule is CCc1ccc2cc(-c3ccc(OC)c(Cl)c3)c(C=O)n2c1. The largest absolute Gasteiger partial charge is 0.495 e. The second-order valence-corrected chi connectivity index (χ2v) is 5.50. The van der Waals surface area contributed by atoms with Gasteiger partial charge in [0.2, 0.25) is 0 Å². The Labute approximate surface area is 134 Å². The first-order chi connectivity index (χ1) is 10.7. The number of halogens is 1. The number of rotatable bonds is 4. The molecular weight excluding hydrogens is 298 g/mol. The molecule has 0 spiro atoms. The van der Waals surface area contributed by atoms with Crippen LogP contribution in [0, 0.1) is 0 Å². The zero-order chi connectivity index (χ0) is 15.7. The Balaban J connectivity index is 2.22. The van der Waals surface area contributed by atoms with Crippen LogP contribution in [0.15, 0.2) is 42.6 Å². The van der Waals surface area contributed by atoms with E-state index in [0.717, 1.165) is 29.4 Å². The van der Waals surface area contributed by atoms with Crippen LogP contribution in [0.5, 0.6) is 5.75 Å². The molecule has 2 heterocycles. The van der Waals surface area contributed by atoms with E-state index >= 15 is 0 Å². The molecule has 112 valence electrons. The van der Waals surface area contributed by atoms with Crippen molar-refractivity contribution in [1.29, 1.82) is 0 Å². The van der Waals surface area contributed by atoms with Gasteiger partial charge in [-0.15, -0.1) is 0 Å². The third kappa shape index (κ3) is 2.38. The number of aldehydes is 1. The Bertz CT molecular complexity index is 852. The van der Waals surface area contributed by atoms with Gasteiger partial charge in [-0.25, -0.2) is 0 Å². The molecule has 3 nitrogen and oxygen atoms in total. The lowest BCUT2D eigenvalue weighted by Gasteiger charge is -2.06. The quantitative estimate of drug-likeness (QED) is 0.657. The van der Waals surface area contributed by atoms with E-state index in [4.69, 9.17) is 16.3 Å². The number of hydrogen-bond donors (Lipinski definition) is 0. The summed E-state index contributed by atoms with van der Waals surface area (Å²) in [4.78, 5) is 11.6. The minimum absolute atomic E-state index is 0.529. The molecule has 4 heteroatoms. The number of benzene rings is 1. The molecule has 0 radical (unpaired) electrons. The summed E-state index contributed by atoms with van der Waals surface area (Å²) in [6.07, 6.45) is 3.82. The standard InChI is InChI=1S/C18H16ClNO2/c1-3-12-4-6-14-9-15(17(11-21)20(14)10-12)13-5-7-18(22-2)16(19)8-13/h4-11H,3H2,1-2H3. The second kappa shape index (κ2) is 5.85. The van der Waals surface area contributed by atoms with Gasteiger partial charge in [0.15, 0.2) is 6.29 Å². The van der Waals surface area contributed by atoms with Crippen LogP contribution in [-0.2, 0) is 6.42 Å². The highest BCUT2D eigenvalue weighted by molar-refractivity contribution is 6.32. The van der Waals surface area contributed by atoms with Crippen molar-refractivity contribution < 1.29 is 9.53 Å². The van der Waals surface area contributed by atoms with Gasteiger partial charge < -0.3 is 9.14 Å². The summed E-state index contributed by atoms with van der Waals surface area (Å²) in [5.74, 6) is 0.620. The van der Waals surface area contributed by atoms with Crippen LogP contribution < -0.4 is 4.74 Å². The molecule has 0 bridgehead atoms. The summed E-state index contributed by atoms with van der Waals surface area (Å²) in [6.45, 7) is 2.09. The summed E-state index contributed by atoms with van der Waals surface area (Å²) < 4.78 is 7.10. The van der Waals surface area contributed by atoms with E-state index in [1.54, 1.807) is 7.11 Å². The molecule has 0 amide bonds. The highest BCUT2D eigenvalue weighted by atomic mass is 35.5. The predicted octanol–water partition coefficient (Wildman–Crippen LogP) is 4.64. The fraction of sp³-hybridized carbons (Fsp3) is 0.167. The first-order valence-corrected chi connectivity index (χ1v) is 7.48. The zero-order valence-electron chi connectivity index (χ0n) is 12.5. The number of pyridine rings is 1. The van der Waals surface area contributed by atoms with Gasteiger partial charge in [0, 0.05) is 17.3 Å². The first-order valence-electron chi connectivity index (χ1n) is 7.11. The fourth-order valence-electron chi connectivity index (χ4n) is 2.63. The zero-order valence-corrected chi connectivity index (χ0v) is 13.2. The number of fused-ring (bicyclic) bond motifs is 1. The summed E-state index contributed by atoms with van der Waals surface area (Å²) in [5, 5.41) is 0.529. The van der Waals surface area contributed by atoms with E-state index in [2.05, 4.69) is 13.0 Å². The maximum absolute atomic E-state index is 11.6. The lowest BCUT2D eigenvalue weighted by atomic mass is 10.1. The molecule has 0 saturated heterocycles. The molecule has 0 unspecified atom stereocenters. The molecule has 0 aliphatic rings.